The van der Waals surface area contributed by atoms with Crippen molar-refractivity contribution in [3.05, 3.63) is 45.0 Å². The van der Waals surface area contributed by atoms with E-state index in [4.69, 9.17) is 16.9 Å². The zero-order chi connectivity index (χ0) is 14.6. The molecule has 0 atom stereocenters. The van der Waals surface area contributed by atoms with Gasteiger partial charge in [-0.1, -0.05) is 24.9 Å². The highest BCUT2D eigenvalue weighted by atomic mass is 35.5. The number of rotatable bonds is 4. The lowest BCUT2D eigenvalue weighted by molar-refractivity contribution is -0.385. The fourth-order valence-corrected chi connectivity index (χ4v) is 1.78. The lowest BCUT2D eigenvalue weighted by Gasteiger charge is -2.05. The van der Waals surface area contributed by atoms with Crippen molar-refractivity contribution < 1.29 is 13.7 Å². The summed E-state index contributed by atoms with van der Waals surface area (Å²) in [7, 11) is 0. The topological polar surface area (TPSA) is 66.9 Å². The minimum atomic E-state index is -1.34. The van der Waals surface area contributed by atoms with E-state index >= 15 is 0 Å². The van der Waals surface area contributed by atoms with Gasteiger partial charge in [0.05, 0.1) is 27.7 Å². The van der Waals surface area contributed by atoms with Crippen LogP contribution in [0.5, 0.6) is 0 Å². The van der Waals surface area contributed by atoms with E-state index < -0.39 is 22.2 Å². The van der Waals surface area contributed by atoms with E-state index in [2.05, 4.69) is 0 Å². The van der Waals surface area contributed by atoms with Crippen molar-refractivity contribution in [3.63, 3.8) is 0 Å². The van der Waals surface area contributed by atoms with Crippen LogP contribution in [0.2, 0.25) is 0 Å². The third-order valence-electron chi connectivity index (χ3n) is 2.37. The molecule has 0 saturated heterocycles. The standard InChI is InChI=1S/C12H9ClF2N2O2/c1-2-3-7(6-16)12(13)8-4-9(14)10(15)5-11(8)17(18)19/h4-5H,2-3H2,1H3. The Bertz CT molecular complexity index is 594. The molecule has 1 aromatic carbocycles. The molecule has 0 bridgehead atoms. The van der Waals surface area contributed by atoms with Crippen molar-refractivity contribution in [1.29, 1.82) is 5.26 Å². The van der Waals surface area contributed by atoms with E-state index in [1.54, 1.807) is 6.92 Å². The van der Waals surface area contributed by atoms with Gasteiger partial charge in [0, 0.05) is 5.57 Å². The van der Waals surface area contributed by atoms with Crippen molar-refractivity contribution >= 4 is 22.3 Å². The second-order valence-corrected chi connectivity index (χ2v) is 4.07. The van der Waals surface area contributed by atoms with E-state index in [0.717, 1.165) is 0 Å². The van der Waals surface area contributed by atoms with Gasteiger partial charge in [-0.25, -0.2) is 8.78 Å². The Morgan fingerprint density at radius 3 is 2.53 bits per heavy atom. The average Bonchev–Trinajstić information content (AvgIpc) is 2.37. The van der Waals surface area contributed by atoms with Crippen LogP contribution in [0, 0.1) is 33.1 Å². The molecule has 0 aliphatic heterocycles. The molecule has 0 aliphatic carbocycles. The molecule has 19 heavy (non-hydrogen) atoms. The fourth-order valence-electron chi connectivity index (χ4n) is 1.49. The summed E-state index contributed by atoms with van der Waals surface area (Å²) in [4.78, 5) is 9.94. The summed E-state index contributed by atoms with van der Waals surface area (Å²) in [5.74, 6) is -2.60. The third kappa shape index (κ3) is 3.26. The van der Waals surface area contributed by atoms with Crippen LogP contribution >= 0.6 is 11.6 Å². The molecule has 0 fully saturated rings. The molecule has 0 saturated carbocycles. The van der Waals surface area contributed by atoms with Gasteiger partial charge >= 0.3 is 0 Å². The van der Waals surface area contributed by atoms with E-state index in [0.29, 0.717) is 25.0 Å². The average molecular weight is 287 g/mol. The van der Waals surface area contributed by atoms with Crippen molar-refractivity contribution in [2.75, 3.05) is 0 Å². The maximum atomic E-state index is 13.2. The molecule has 0 N–H and O–H groups in total. The maximum Gasteiger partial charge on any atom is 0.281 e. The lowest BCUT2D eigenvalue weighted by Crippen LogP contribution is -1.98. The van der Waals surface area contributed by atoms with Crippen molar-refractivity contribution in [2.45, 2.75) is 19.8 Å². The number of hydrogen-bond donors (Lipinski definition) is 0. The summed E-state index contributed by atoms with van der Waals surface area (Å²) in [6.45, 7) is 1.79. The highest BCUT2D eigenvalue weighted by Gasteiger charge is 2.22. The minimum absolute atomic E-state index is 0.0956. The number of allylic oxidation sites excluding steroid dienone is 1. The summed E-state index contributed by atoms with van der Waals surface area (Å²) >= 11 is 5.89. The van der Waals surface area contributed by atoms with Gasteiger partial charge in [0.15, 0.2) is 11.6 Å². The zero-order valence-corrected chi connectivity index (χ0v) is 10.7. The molecule has 0 aliphatic rings. The van der Waals surface area contributed by atoms with Crippen LogP contribution in [0.1, 0.15) is 25.3 Å². The predicted octanol–water partition coefficient (Wildman–Crippen LogP) is 4.15. The second kappa shape index (κ2) is 6.25. The summed E-state index contributed by atoms with van der Waals surface area (Å²) < 4.78 is 26.2. The number of nitriles is 1. The molecule has 0 aromatic heterocycles. The van der Waals surface area contributed by atoms with Crippen molar-refractivity contribution in [1.82, 2.24) is 0 Å². The fraction of sp³-hybridized carbons (Fsp3) is 0.250. The number of nitro groups is 1. The third-order valence-corrected chi connectivity index (χ3v) is 2.80. The predicted molar refractivity (Wildman–Crippen MR) is 66.3 cm³/mol. The number of nitro benzene ring substituents is 1. The maximum absolute atomic E-state index is 13.2. The molecule has 0 amide bonds. The van der Waals surface area contributed by atoms with E-state index in [-0.39, 0.29) is 16.2 Å². The first-order valence-electron chi connectivity index (χ1n) is 5.34. The summed E-state index contributed by atoms with van der Waals surface area (Å²) in [5.41, 5.74) is -0.874. The van der Waals surface area contributed by atoms with E-state index in [9.17, 15) is 18.9 Å². The molecular weight excluding hydrogens is 278 g/mol. The molecule has 1 aromatic rings. The first kappa shape index (κ1) is 15.1. The molecule has 0 heterocycles. The molecule has 7 heteroatoms. The number of hydrogen-bond acceptors (Lipinski definition) is 3. The molecular formula is C12H9ClF2N2O2. The quantitative estimate of drug-likeness (QED) is 0.474. The van der Waals surface area contributed by atoms with Crippen LogP contribution in [0.25, 0.3) is 5.03 Å². The summed E-state index contributed by atoms with van der Waals surface area (Å²) in [6, 6.07) is 2.89. The molecule has 1 rings (SSSR count). The van der Waals surface area contributed by atoms with E-state index in [1.165, 1.54) is 0 Å². The number of benzene rings is 1. The molecule has 4 nitrogen and oxygen atoms in total. The summed E-state index contributed by atoms with van der Waals surface area (Å²) in [5, 5.41) is 19.5. The van der Waals surface area contributed by atoms with Gasteiger partial charge < -0.3 is 0 Å². The highest BCUT2D eigenvalue weighted by molar-refractivity contribution is 6.50. The smallest absolute Gasteiger partial charge is 0.258 e. The Kier molecular flexibility index (Phi) is 4.95. The van der Waals surface area contributed by atoms with Crippen LogP contribution in [0.15, 0.2) is 17.7 Å². The van der Waals surface area contributed by atoms with Gasteiger partial charge in [-0.15, -0.1) is 0 Å². The van der Waals surface area contributed by atoms with Gasteiger partial charge in [-0.3, -0.25) is 10.1 Å². The summed E-state index contributed by atoms with van der Waals surface area (Å²) in [6.07, 6.45) is 0.891. The van der Waals surface area contributed by atoms with Crippen molar-refractivity contribution in [2.24, 2.45) is 0 Å². The molecule has 0 radical (unpaired) electrons. The van der Waals surface area contributed by atoms with Gasteiger partial charge in [-0.05, 0) is 12.5 Å². The zero-order valence-electron chi connectivity index (χ0n) is 9.91. The monoisotopic (exact) mass is 286 g/mol. The van der Waals surface area contributed by atoms with Crippen LogP contribution in [-0.4, -0.2) is 4.92 Å². The number of nitrogens with zero attached hydrogens (tertiary/aromatic N) is 2. The Morgan fingerprint density at radius 2 is 2.05 bits per heavy atom. The van der Waals surface area contributed by atoms with Crippen molar-refractivity contribution in [3.8, 4) is 6.07 Å². The Balaban J connectivity index is 3.53. The van der Waals surface area contributed by atoms with Gasteiger partial charge in [-0.2, -0.15) is 5.26 Å². The Labute approximate surface area is 113 Å². The van der Waals surface area contributed by atoms with Crippen LogP contribution < -0.4 is 0 Å². The largest absolute Gasteiger partial charge is 0.281 e. The first-order chi connectivity index (χ1) is 8.92. The Morgan fingerprint density at radius 1 is 1.47 bits per heavy atom. The molecule has 0 unspecified atom stereocenters. The first-order valence-corrected chi connectivity index (χ1v) is 5.72. The normalized spacial score (nSPS) is 11.7. The Hall–Kier alpha value is -2.00. The number of halogens is 3. The van der Waals surface area contributed by atoms with Gasteiger partial charge in [0.25, 0.3) is 5.69 Å². The molecule has 100 valence electrons. The van der Waals surface area contributed by atoms with Crippen LogP contribution in [0.4, 0.5) is 14.5 Å². The molecule has 0 spiro atoms. The van der Waals surface area contributed by atoms with E-state index in [1.807, 2.05) is 6.07 Å². The van der Waals surface area contributed by atoms with Crippen LogP contribution in [-0.2, 0) is 0 Å². The lowest BCUT2D eigenvalue weighted by atomic mass is 10.1. The van der Waals surface area contributed by atoms with Crippen LogP contribution in [0.3, 0.4) is 0 Å². The van der Waals surface area contributed by atoms with Gasteiger partial charge in [0.1, 0.15) is 0 Å². The van der Waals surface area contributed by atoms with Gasteiger partial charge in [0.2, 0.25) is 0 Å². The minimum Gasteiger partial charge on any atom is -0.258 e. The second-order valence-electron chi connectivity index (χ2n) is 3.69. The highest BCUT2D eigenvalue weighted by Crippen LogP contribution is 2.33. The SMILES string of the molecule is CCCC(C#N)=C(Cl)c1cc(F)c(F)cc1[N+](=O)[O-].